The molecule has 40 heavy (non-hydrogen) atoms. The van der Waals surface area contributed by atoms with Gasteiger partial charge in [0.1, 0.15) is 12.3 Å². The lowest BCUT2D eigenvalue weighted by molar-refractivity contribution is -0.136. The third-order valence-electron chi connectivity index (χ3n) is 9.90. The van der Waals surface area contributed by atoms with Crippen LogP contribution in [-0.4, -0.2) is 67.7 Å². The van der Waals surface area contributed by atoms with Gasteiger partial charge in [-0.05, 0) is 68.9 Å². The lowest BCUT2D eigenvalue weighted by Gasteiger charge is -2.55. The van der Waals surface area contributed by atoms with E-state index in [2.05, 4.69) is 15.0 Å². The third-order valence-corrected chi connectivity index (χ3v) is 9.90. The number of piperidine rings is 2. The standard InChI is InChI=1S/C31H42N4O5/c36-13-14-40-33-27(11-12-29(37)38)30-31(39)35(28-10-2-1-9-26(28)32-30)25-18-22-7-4-8-23(19-25)34(22)24-16-20-5-3-6-21(15-20)17-24/h1-2,9-10,20-25,36H,3-8,11-19H2,(H,37,38)/t20?,21?,22-,23?,24?,25?/m1/s1. The molecule has 4 bridgehead atoms. The van der Waals surface area contributed by atoms with Gasteiger partial charge in [0, 0.05) is 30.6 Å². The Morgan fingerprint density at radius 3 is 2.33 bits per heavy atom. The molecular formula is C31H42N4O5. The van der Waals surface area contributed by atoms with Gasteiger partial charge >= 0.3 is 5.97 Å². The largest absolute Gasteiger partial charge is 0.481 e. The van der Waals surface area contributed by atoms with Gasteiger partial charge < -0.3 is 19.6 Å². The summed E-state index contributed by atoms with van der Waals surface area (Å²) in [4.78, 5) is 38.3. The Morgan fingerprint density at radius 1 is 0.925 bits per heavy atom. The fourth-order valence-electron chi connectivity index (χ4n) is 8.44. The van der Waals surface area contributed by atoms with Crippen molar-refractivity contribution in [3.8, 4) is 0 Å². The molecule has 2 aromatic rings. The van der Waals surface area contributed by atoms with Crippen LogP contribution in [0.3, 0.4) is 0 Å². The first kappa shape index (κ1) is 27.4. The first-order chi connectivity index (χ1) is 19.5. The molecule has 1 aromatic carbocycles. The number of carbonyl (C=O) groups is 1. The van der Waals surface area contributed by atoms with Gasteiger partial charge in [0.2, 0.25) is 0 Å². The first-order valence-corrected chi connectivity index (χ1v) is 15.3. The maximum absolute atomic E-state index is 14.2. The van der Waals surface area contributed by atoms with Crippen LogP contribution in [0.15, 0.2) is 34.2 Å². The number of aliphatic hydroxyl groups is 1. The van der Waals surface area contributed by atoms with Crippen LogP contribution in [0.4, 0.5) is 0 Å². The topological polar surface area (TPSA) is 117 Å². The number of oxime groups is 1. The number of rotatable bonds is 9. The minimum Gasteiger partial charge on any atom is -0.481 e. The second kappa shape index (κ2) is 12.0. The molecule has 0 amide bonds. The fraction of sp³-hybridized carbons (Fsp3) is 0.677. The number of aliphatic hydroxyl groups excluding tert-OH is 1. The van der Waals surface area contributed by atoms with E-state index in [1.165, 1.54) is 57.8 Å². The van der Waals surface area contributed by atoms with Gasteiger partial charge in [-0.15, -0.1) is 0 Å². The molecule has 4 aliphatic rings. The predicted octanol–water partition coefficient (Wildman–Crippen LogP) is 4.50. The minimum absolute atomic E-state index is 0.0229. The van der Waals surface area contributed by atoms with E-state index in [0.717, 1.165) is 30.2 Å². The number of aliphatic carboxylic acids is 1. The third kappa shape index (κ3) is 5.55. The van der Waals surface area contributed by atoms with Crippen molar-refractivity contribution in [2.24, 2.45) is 17.0 Å². The molecule has 4 fully saturated rings. The molecule has 0 spiro atoms. The van der Waals surface area contributed by atoms with E-state index in [0.29, 0.717) is 23.6 Å². The Bertz CT molecular complexity index is 1280. The maximum Gasteiger partial charge on any atom is 0.303 e. The Hall–Kier alpha value is -2.78. The van der Waals surface area contributed by atoms with Crippen molar-refractivity contribution in [3.63, 3.8) is 0 Å². The van der Waals surface area contributed by atoms with E-state index in [9.17, 15) is 14.7 Å². The SMILES string of the molecule is O=C(O)CCC(=NOCCO)c1nc2ccccc2n(C2CC3CCC[C@H](C2)N3C2CC3CCCC(C3)C2)c1=O. The summed E-state index contributed by atoms with van der Waals surface area (Å²) in [7, 11) is 0. The van der Waals surface area contributed by atoms with E-state index in [1.807, 2.05) is 28.8 Å². The Labute approximate surface area is 235 Å². The molecule has 2 saturated heterocycles. The van der Waals surface area contributed by atoms with Crippen molar-refractivity contribution in [2.75, 3.05) is 13.2 Å². The monoisotopic (exact) mass is 550 g/mol. The van der Waals surface area contributed by atoms with Gasteiger partial charge in [-0.2, -0.15) is 0 Å². The van der Waals surface area contributed by atoms with Crippen molar-refractivity contribution in [2.45, 2.75) is 108 Å². The number of nitrogens with zero attached hydrogens (tertiary/aromatic N) is 4. The highest BCUT2D eigenvalue weighted by molar-refractivity contribution is 6.00. The molecule has 4 unspecified atom stereocenters. The van der Waals surface area contributed by atoms with Gasteiger partial charge in [-0.1, -0.05) is 43.0 Å². The lowest BCUT2D eigenvalue weighted by Crippen LogP contribution is -2.58. The van der Waals surface area contributed by atoms with Crippen molar-refractivity contribution in [1.82, 2.24) is 14.5 Å². The normalized spacial score (nSPS) is 30.8. The van der Waals surface area contributed by atoms with E-state index < -0.39 is 5.97 Å². The molecule has 6 rings (SSSR count). The Balaban J connectivity index is 1.34. The number of fused-ring (bicyclic) bond motifs is 5. The van der Waals surface area contributed by atoms with Crippen LogP contribution in [0.25, 0.3) is 11.0 Å². The summed E-state index contributed by atoms with van der Waals surface area (Å²) in [5, 5.41) is 22.5. The molecule has 9 nitrogen and oxygen atoms in total. The highest BCUT2D eigenvalue weighted by Crippen LogP contribution is 2.47. The molecule has 216 valence electrons. The maximum atomic E-state index is 14.2. The van der Waals surface area contributed by atoms with E-state index in [-0.39, 0.29) is 49.1 Å². The molecule has 0 radical (unpaired) electrons. The molecule has 5 atom stereocenters. The molecule has 1 aromatic heterocycles. The first-order valence-electron chi connectivity index (χ1n) is 15.3. The number of hydrogen-bond acceptors (Lipinski definition) is 7. The quantitative estimate of drug-likeness (QED) is 0.268. The molecule has 2 saturated carbocycles. The summed E-state index contributed by atoms with van der Waals surface area (Å²) < 4.78 is 1.93. The summed E-state index contributed by atoms with van der Waals surface area (Å²) in [6.07, 6.45) is 13.6. The van der Waals surface area contributed by atoms with Crippen LogP contribution in [-0.2, 0) is 9.63 Å². The number of hydrogen-bond donors (Lipinski definition) is 2. The highest BCUT2D eigenvalue weighted by atomic mass is 16.6. The van der Waals surface area contributed by atoms with Crippen LogP contribution >= 0.6 is 0 Å². The van der Waals surface area contributed by atoms with Crippen LogP contribution in [0.5, 0.6) is 0 Å². The summed E-state index contributed by atoms with van der Waals surface area (Å²) in [6.45, 7) is -0.266. The molecule has 9 heteroatoms. The zero-order valence-corrected chi connectivity index (χ0v) is 23.3. The summed E-state index contributed by atoms with van der Waals surface area (Å²) in [6, 6.07) is 9.41. The molecular weight excluding hydrogens is 508 g/mol. The smallest absolute Gasteiger partial charge is 0.303 e. The summed E-state index contributed by atoms with van der Waals surface area (Å²) in [5.41, 5.74) is 1.63. The zero-order valence-electron chi connectivity index (χ0n) is 23.3. The minimum atomic E-state index is -0.983. The van der Waals surface area contributed by atoms with Crippen LogP contribution in [0.2, 0.25) is 0 Å². The zero-order chi connectivity index (χ0) is 27.6. The number of carboxylic acids is 1. The van der Waals surface area contributed by atoms with E-state index >= 15 is 0 Å². The van der Waals surface area contributed by atoms with Gasteiger partial charge in [-0.25, -0.2) is 4.98 Å². The average molecular weight is 551 g/mol. The second-order valence-electron chi connectivity index (χ2n) is 12.4. The number of para-hydroxylation sites is 2. The van der Waals surface area contributed by atoms with Crippen LogP contribution < -0.4 is 5.56 Å². The van der Waals surface area contributed by atoms with Gasteiger partial charge in [0.25, 0.3) is 5.56 Å². The van der Waals surface area contributed by atoms with Crippen molar-refractivity contribution in [3.05, 3.63) is 40.3 Å². The van der Waals surface area contributed by atoms with E-state index in [4.69, 9.17) is 9.94 Å². The summed E-state index contributed by atoms with van der Waals surface area (Å²) in [5.74, 6) is 0.798. The van der Waals surface area contributed by atoms with Crippen molar-refractivity contribution in [1.29, 1.82) is 0 Å². The van der Waals surface area contributed by atoms with Crippen LogP contribution in [0.1, 0.15) is 95.2 Å². The highest BCUT2D eigenvalue weighted by Gasteiger charge is 2.45. The lowest BCUT2D eigenvalue weighted by atomic mass is 9.68. The number of carboxylic acid groups (broad SMARTS) is 1. The Kier molecular flexibility index (Phi) is 8.21. The second-order valence-corrected chi connectivity index (χ2v) is 12.4. The number of aromatic nitrogens is 2. The summed E-state index contributed by atoms with van der Waals surface area (Å²) >= 11 is 0. The van der Waals surface area contributed by atoms with E-state index in [1.54, 1.807) is 0 Å². The molecule has 2 aliphatic heterocycles. The molecule has 2 N–H and O–H groups in total. The fourth-order valence-corrected chi connectivity index (χ4v) is 8.44. The Morgan fingerprint density at radius 2 is 1.62 bits per heavy atom. The average Bonchev–Trinajstić information content (AvgIpc) is 2.94. The van der Waals surface area contributed by atoms with Gasteiger partial charge in [0.05, 0.1) is 24.1 Å². The van der Waals surface area contributed by atoms with Crippen molar-refractivity contribution < 1.29 is 19.8 Å². The number of benzene rings is 1. The molecule has 2 aliphatic carbocycles. The van der Waals surface area contributed by atoms with Gasteiger partial charge in [0.15, 0.2) is 5.69 Å². The van der Waals surface area contributed by atoms with Gasteiger partial charge in [-0.3, -0.25) is 14.5 Å². The molecule has 3 heterocycles. The van der Waals surface area contributed by atoms with Crippen molar-refractivity contribution >= 4 is 22.7 Å². The van der Waals surface area contributed by atoms with Crippen LogP contribution in [0, 0.1) is 11.8 Å². The predicted molar refractivity (Wildman–Crippen MR) is 152 cm³/mol.